The molecule has 3 rings (SSSR count). The third-order valence-corrected chi connectivity index (χ3v) is 6.39. The SMILES string of the molecule is CC(C)(C)OC(=O)N(CCOCCOCCN)CCOCC(=O)Nc1cccc2c1CN(C1CCC(=O)NC1=O)C2=O. The van der Waals surface area contributed by atoms with Gasteiger partial charge in [-0.25, -0.2) is 4.79 Å². The Morgan fingerprint density at radius 2 is 1.74 bits per heavy atom. The molecule has 0 aromatic heterocycles. The fourth-order valence-electron chi connectivity index (χ4n) is 4.43. The highest BCUT2D eigenvalue weighted by Gasteiger charge is 2.40. The number of imide groups is 1. The van der Waals surface area contributed by atoms with Gasteiger partial charge in [0.05, 0.1) is 33.0 Å². The Balaban J connectivity index is 1.48. The second-order valence-electron chi connectivity index (χ2n) is 10.8. The van der Waals surface area contributed by atoms with E-state index in [4.69, 9.17) is 24.7 Å². The Hall–Kier alpha value is -3.59. The summed E-state index contributed by atoms with van der Waals surface area (Å²) in [5, 5.41) is 5.04. The average molecular weight is 592 g/mol. The molecule has 5 amide bonds. The van der Waals surface area contributed by atoms with Gasteiger partial charge in [0.2, 0.25) is 17.7 Å². The van der Waals surface area contributed by atoms with E-state index < -0.39 is 29.6 Å². The van der Waals surface area contributed by atoms with Crippen LogP contribution in [-0.2, 0) is 39.9 Å². The second kappa shape index (κ2) is 15.6. The summed E-state index contributed by atoms with van der Waals surface area (Å²) in [7, 11) is 0. The van der Waals surface area contributed by atoms with Crippen molar-refractivity contribution in [3.8, 4) is 0 Å². The van der Waals surface area contributed by atoms with Crippen LogP contribution in [0.15, 0.2) is 18.2 Å². The maximum atomic E-state index is 13.0. The van der Waals surface area contributed by atoms with Crippen molar-refractivity contribution >= 4 is 35.4 Å². The number of nitrogens with two attached hydrogens (primary N) is 1. The lowest BCUT2D eigenvalue weighted by molar-refractivity contribution is -0.137. The summed E-state index contributed by atoms with van der Waals surface area (Å²) >= 11 is 0. The van der Waals surface area contributed by atoms with E-state index in [0.29, 0.717) is 43.2 Å². The zero-order chi connectivity index (χ0) is 30.7. The molecule has 2 aliphatic heterocycles. The summed E-state index contributed by atoms with van der Waals surface area (Å²) < 4.78 is 21.8. The number of amides is 5. The van der Waals surface area contributed by atoms with Crippen molar-refractivity contribution < 1.29 is 42.9 Å². The molecule has 0 radical (unpaired) electrons. The van der Waals surface area contributed by atoms with Crippen molar-refractivity contribution in [2.75, 3.05) is 64.6 Å². The summed E-state index contributed by atoms with van der Waals surface area (Å²) in [6, 6.07) is 4.20. The average Bonchev–Trinajstić information content (AvgIpc) is 3.25. The number of hydrogen-bond donors (Lipinski definition) is 3. The molecule has 0 saturated carbocycles. The van der Waals surface area contributed by atoms with Crippen LogP contribution in [0.25, 0.3) is 0 Å². The van der Waals surface area contributed by atoms with Gasteiger partial charge in [-0.1, -0.05) is 6.07 Å². The zero-order valence-corrected chi connectivity index (χ0v) is 24.4. The normalized spacial score (nSPS) is 16.7. The monoisotopic (exact) mass is 591 g/mol. The van der Waals surface area contributed by atoms with Crippen LogP contribution >= 0.6 is 0 Å². The molecule has 0 bridgehead atoms. The summed E-state index contributed by atoms with van der Waals surface area (Å²) in [4.78, 5) is 65.0. The van der Waals surface area contributed by atoms with E-state index in [1.165, 1.54) is 9.80 Å². The van der Waals surface area contributed by atoms with Crippen LogP contribution < -0.4 is 16.4 Å². The van der Waals surface area contributed by atoms with E-state index in [1.807, 2.05) is 0 Å². The number of carbonyl (C=O) groups is 5. The van der Waals surface area contributed by atoms with Crippen molar-refractivity contribution in [1.29, 1.82) is 0 Å². The van der Waals surface area contributed by atoms with Crippen LogP contribution in [0.2, 0.25) is 0 Å². The Kier molecular flexibility index (Phi) is 12.2. The summed E-state index contributed by atoms with van der Waals surface area (Å²) in [6.07, 6.45) is -0.126. The van der Waals surface area contributed by atoms with E-state index >= 15 is 0 Å². The molecule has 0 aliphatic carbocycles. The van der Waals surface area contributed by atoms with Crippen molar-refractivity contribution in [2.24, 2.45) is 5.73 Å². The Bertz CT molecular complexity index is 1140. The van der Waals surface area contributed by atoms with Crippen molar-refractivity contribution in [3.63, 3.8) is 0 Å². The Labute approximate surface area is 245 Å². The zero-order valence-electron chi connectivity index (χ0n) is 24.4. The minimum Gasteiger partial charge on any atom is -0.444 e. The highest BCUT2D eigenvalue weighted by molar-refractivity contribution is 6.06. The molecular formula is C28H41N5O9. The fourth-order valence-corrected chi connectivity index (χ4v) is 4.43. The molecule has 4 N–H and O–H groups in total. The van der Waals surface area contributed by atoms with Gasteiger partial charge in [-0.05, 0) is 39.3 Å². The number of ether oxygens (including phenoxy) is 4. The van der Waals surface area contributed by atoms with Gasteiger partial charge in [0.25, 0.3) is 5.91 Å². The molecule has 1 aromatic rings. The molecule has 2 aliphatic rings. The highest BCUT2D eigenvalue weighted by Crippen LogP contribution is 2.32. The first kappa shape index (κ1) is 32.9. The van der Waals surface area contributed by atoms with Crippen LogP contribution in [0.1, 0.15) is 49.5 Å². The van der Waals surface area contributed by atoms with E-state index in [0.717, 1.165) is 0 Å². The molecular weight excluding hydrogens is 550 g/mol. The molecule has 232 valence electrons. The summed E-state index contributed by atoms with van der Waals surface area (Å²) in [6.45, 7) is 7.56. The first-order valence-corrected chi connectivity index (χ1v) is 14.0. The maximum Gasteiger partial charge on any atom is 0.410 e. The largest absolute Gasteiger partial charge is 0.444 e. The lowest BCUT2D eigenvalue weighted by atomic mass is 10.0. The molecule has 1 atom stereocenters. The predicted molar refractivity (Wildman–Crippen MR) is 150 cm³/mol. The molecule has 1 fully saturated rings. The van der Waals surface area contributed by atoms with Crippen molar-refractivity contribution in [2.45, 2.75) is 51.8 Å². The van der Waals surface area contributed by atoms with E-state index in [9.17, 15) is 24.0 Å². The molecule has 14 nitrogen and oxygen atoms in total. The minimum absolute atomic E-state index is 0.0704. The number of piperidine rings is 1. The van der Waals surface area contributed by atoms with E-state index in [2.05, 4.69) is 10.6 Å². The van der Waals surface area contributed by atoms with Gasteiger partial charge in [0.1, 0.15) is 18.2 Å². The van der Waals surface area contributed by atoms with Gasteiger partial charge in [-0.15, -0.1) is 0 Å². The number of nitrogens with zero attached hydrogens (tertiary/aromatic N) is 2. The Morgan fingerprint density at radius 1 is 1.05 bits per heavy atom. The van der Waals surface area contributed by atoms with Crippen LogP contribution in [0.5, 0.6) is 0 Å². The lowest BCUT2D eigenvalue weighted by Crippen LogP contribution is -2.52. The molecule has 1 aromatic carbocycles. The molecule has 0 spiro atoms. The quantitative estimate of drug-likeness (QED) is 0.194. The van der Waals surface area contributed by atoms with Crippen molar-refractivity contribution in [1.82, 2.24) is 15.1 Å². The molecule has 1 unspecified atom stereocenters. The number of rotatable bonds is 15. The third kappa shape index (κ3) is 9.76. The number of fused-ring (bicyclic) bond motifs is 1. The van der Waals surface area contributed by atoms with Gasteiger partial charge in [0.15, 0.2) is 0 Å². The molecule has 14 heteroatoms. The Morgan fingerprint density at radius 3 is 2.40 bits per heavy atom. The van der Waals surface area contributed by atoms with Gasteiger partial charge in [-0.3, -0.25) is 24.5 Å². The number of hydrogen-bond acceptors (Lipinski definition) is 10. The minimum atomic E-state index is -0.753. The van der Waals surface area contributed by atoms with Gasteiger partial charge in [0, 0.05) is 49.4 Å². The number of nitrogens with one attached hydrogen (secondary N) is 2. The smallest absolute Gasteiger partial charge is 0.410 e. The van der Waals surface area contributed by atoms with Crippen LogP contribution in [-0.4, -0.2) is 110 Å². The molecule has 42 heavy (non-hydrogen) atoms. The first-order valence-electron chi connectivity index (χ1n) is 14.0. The van der Waals surface area contributed by atoms with Crippen LogP contribution in [0, 0.1) is 0 Å². The number of anilines is 1. The topological polar surface area (TPSA) is 179 Å². The van der Waals surface area contributed by atoms with Gasteiger partial charge >= 0.3 is 6.09 Å². The highest BCUT2D eigenvalue weighted by atomic mass is 16.6. The van der Waals surface area contributed by atoms with Crippen molar-refractivity contribution in [3.05, 3.63) is 29.3 Å². The van der Waals surface area contributed by atoms with Crippen LogP contribution in [0.4, 0.5) is 10.5 Å². The first-order chi connectivity index (χ1) is 20.0. The van der Waals surface area contributed by atoms with E-state index in [1.54, 1.807) is 39.0 Å². The second-order valence-corrected chi connectivity index (χ2v) is 10.8. The lowest BCUT2D eigenvalue weighted by Gasteiger charge is -2.29. The maximum absolute atomic E-state index is 13.0. The third-order valence-electron chi connectivity index (χ3n) is 6.39. The van der Waals surface area contributed by atoms with Gasteiger partial charge in [-0.2, -0.15) is 0 Å². The fraction of sp³-hybridized carbons (Fsp3) is 0.607. The summed E-state index contributed by atoms with van der Waals surface area (Å²) in [5.74, 6) is -1.64. The van der Waals surface area contributed by atoms with E-state index in [-0.39, 0.29) is 64.1 Å². The van der Waals surface area contributed by atoms with Gasteiger partial charge < -0.3 is 39.8 Å². The standard InChI is InChI=1S/C28H41N5O9/c1-28(2,3)42-27(38)32(10-13-40-16-15-39-12-9-29)11-14-41-18-24(35)30-21-6-4-5-19-20(21)17-33(26(19)37)22-7-8-23(34)31-25(22)36/h4-6,22H,7-18,29H2,1-3H3,(H,30,35)(H,31,34,36). The number of benzene rings is 1. The van der Waals surface area contributed by atoms with Crippen LogP contribution in [0.3, 0.4) is 0 Å². The molecule has 1 saturated heterocycles. The summed E-state index contributed by atoms with van der Waals surface area (Å²) in [5.41, 5.74) is 6.11. The molecule has 2 heterocycles. The predicted octanol–water partition coefficient (Wildman–Crippen LogP) is 0.632. The number of carbonyl (C=O) groups excluding carboxylic acids is 5.